The van der Waals surface area contributed by atoms with E-state index in [0.717, 1.165) is 17.1 Å². The van der Waals surface area contributed by atoms with E-state index in [0.29, 0.717) is 0 Å². The minimum atomic E-state index is 0.809. The molecule has 0 aromatic carbocycles. The molecule has 0 spiro atoms. The summed E-state index contributed by atoms with van der Waals surface area (Å²) >= 11 is 0. The van der Waals surface area contributed by atoms with E-state index < -0.39 is 0 Å². The SMILES string of the molecule is C=C/C=C\C(=C/C)N(C(=C)C=C)C(/C=C\C=C)=C/C. The summed E-state index contributed by atoms with van der Waals surface area (Å²) in [7, 11) is 0. The molecule has 0 radical (unpaired) electrons. The number of hydrogen-bond acceptors (Lipinski definition) is 1. The quantitative estimate of drug-likeness (QED) is 0.532. The lowest BCUT2D eigenvalue weighted by Crippen LogP contribution is -2.18. The van der Waals surface area contributed by atoms with E-state index in [-0.39, 0.29) is 0 Å². The standard InChI is InChI=1S/C18H23N/c1-7-12-14-17(10-4)19(16(6)9-3)18(11-5)15-13-8-2/h7-15H,1-3,6H2,4-5H3/b14-12-,15-13-,17-10+,18-11+. The van der Waals surface area contributed by atoms with Crippen LogP contribution >= 0.6 is 0 Å². The third-order valence-corrected chi connectivity index (χ3v) is 2.44. The molecule has 19 heavy (non-hydrogen) atoms. The molecule has 0 atom stereocenters. The van der Waals surface area contributed by atoms with Gasteiger partial charge in [0, 0.05) is 17.1 Å². The van der Waals surface area contributed by atoms with Crippen molar-refractivity contribution in [1.29, 1.82) is 0 Å². The molecule has 0 fully saturated rings. The highest BCUT2D eigenvalue weighted by atomic mass is 15.2. The Morgan fingerprint density at radius 3 is 1.53 bits per heavy atom. The molecule has 0 rings (SSSR count). The monoisotopic (exact) mass is 253 g/mol. The van der Waals surface area contributed by atoms with Gasteiger partial charge < -0.3 is 4.90 Å². The molecule has 0 aliphatic rings. The molecule has 1 nitrogen and oxygen atoms in total. The molecule has 0 saturated heterocycles. The number of hydrogen-bond donors (Lipinski definition) is 0. The Labute approximate surface area is 117 Å². The van der Waals surface area contributed by atoms with Crippen LogP contribution in [-0.2, 0) is 0 Å². The maximum absolute atomic E-state index is 4.03. The van der Waals surface area contributed by atoms with Gasteiger partial charge in [0.05, 0.1) is 0 Å². The highest BCUT2D eigenvalue weighted by molar-refractivity contribution is 5.37. The van der Waals surface area contributed by atoms with Gasteiger partial charge in [-0.2, -0.15) is 0 Å². The van der Waals surface area contributed by atoms with Gasteiger partial charge in [0.25, 0.3) is 0 Å². The van der Waals surface area contributed by atoms with Crippen LogP contribution in [-0.4, -0.2) is 4.90 Å². The van der Waals surface area contributed by atoms with Crippen LogP contribution in [0.2, 0.25) is 0 Å². The minimum absolute atomic E-state index is 0.809. The van der Waals surface area contributed by atoms with Crippen molar-refractivity contribution in [2.24, 2.45) is 0 Å². The van der Waals surface area contributed by atoms with Crippen molar-refractivity contribution in [2.75, 3.05) is 0 Å². The van der Waals surface area contributed by atoms with Gasteiger partial charge in [-0.25, -0.2) is 0 Å². The smallest absolute Gasteiger partial charge is 0.0418 e. The van der Waals surface area contributed by atoms with Gasteiger partial charge in [0.15, 0.2) is 0 Å². The molecule has 0 aromatic rings. The number of allylic oxidation sites excluding steroid dienone is 9. The van der Waals surface area contributed by atoms with E-state index in [2.05, 4.69) is 26.3 Å². The zero-order chi connectivity index (χ0) is 14.7. The van der Waals surface area contributed by atoms with Gasteiger partial charge in [0.2, 0.25) is 0 Å². The third-order valence-electron chi connectivity index (χ3n) is 2.44. The fraction of sp³-hybridized carbons (Fsp3) is 0.111. The summed E-state index contributed by atoms with van der Waals surface area (Å²) in [5.41, 5.74) is 2.82. The van der Waals surface area contributed by atoms with Gasteiger partial charge >= 0.3 is 0 Å². The van der Waals surface area contributed by atoms with Crippen molar-refractivity contribution in [3.05, 3.63) is 98.1 Å². The molecule has 100 valence electrons. The Bertz CT molecular complexity index is 422. The van der Waals surface area contributed by atoms with Crippen molar-refractivity contribution >= 4 is 0 Å². The lowest BCUT2D eigenvalue weighted by atomic mass is 10.2. The van der Waals surface area contributed by atoms with Crippen LogP contribution < -0.4 is 0 Å². The van der Waals surface area contributed by atoms with Gasteiger partial charge in [-0.05, 0) is 32.1 Å². The first kappa shape index (κ1) is 16.7. The van der Waals surface area contributed by atoms with E-state index in [1.807, 2.05) is 55.2 Å². The van der Waals surface area contributed by atoms with E-state index >= 15 is 0 Å². The van der Waals surface area contributed by atoms with Crippen LogP contribution in [0.3, 0.4) is 0 Å². The van der Waals surface area contributed by atoms with Crippen LogP contribution in [0, 0.1) is 0 Å². The summed E-state index contributed by atoms with van der Waals surface area (Å²) in [4.78, 5) is 2.02. The van der Waals surface area contributed by atoms with Gasteiger partial charge in [-0.15, -0.1) is 0 Å². The van der Waals surface area contributed by atoms with Crippen LogP contribution in [0.5, 0.6) is 0 Å². The Morgan fingerprint density at radius 1 is 0.842 bits per heavy atom. The summed E-state index contributed by atoms with van der Waals surface area (Å²) in [5, 5.41) is 0. The van der Waals surface area contributed by atoms with Crippen LogP contribution in [0.15, 0.2) is 98.1 Å². The van der Waals surface area contributed by atoms with Crippen molar-refractivity contribution < 1.29 is 0 Å². The first-order chi connectivity index (χ1) is 9.15. The average Bonchev–Trinajstić information content (AvgIpc) is 2.45. The molecule has 0 heterocycles. The van der Waals surface area contributed by atoms with E-state index in [4.69, 9.17) is 0 Å². The molecule has 0 amide bonds. The van der Waals surface area contributed by atoms with Crippen molar-refractivity contribution in [3.8, 4) is 0 Å². The Morgan fingerprint density at radius 2 is 1.26 bits per heavy atom. The second-order valence-corrected chi connectivity index (χ2v) is 3.65. The van der Waals surface area contributed by atoms with Gasteiger partial charge in [0.1, 0.15) is 0 Å². The van der Waals surface area contributed by atoms with E-state index in [1.165, 1.54) is 0 Å². The fourth-order valence-corrected chi connectivity index (χ4v) is 1.50. The summed E-state index contributed by atoms with van der Waals surface area (Å²) in [5.74, 6) is 0. The normalized spacial score (nSPS) is 12.7. The number of nitrogens with zero attached hydrogens (tertiary/aromatic N) is 1. The van der Waals surface area contributed by atoms with Gasteiger partial charge in [-0.1, -0.05) is 62.8 Å². The second kappa shape index (κ2) is 9.72. The second-order valence-electron chi connectivity index (χ2n) is 3.65. The van der Waals surface area contributed by atoms with Crippen LogP contribution in [0.1, 0.15) is 13.8 Å². The lowest BCUT2D eigenvalue weighted by Gasteiger charge is -2.27. The molecule has 0 aromatic heterocycles. The predicted molar refractivity (Wildman–Crippen MR) is 87.4 cm³/mol. The first-order valence-corrected chi connectivity index (χ1v) is 6.18. The molecule has 0 saturated carbocycles. The predicted octanol–water partition coefficient (Wildman–Crippen LogP) is 5.28. The zero-order valence-electron chi connectivity index (χ0n) is 12.0. The summed E-state index contributed by atoms with van der Waals surface area (Å²) in [6, 6.07) is 0. The Kier molecular flexibility index (Phi) is 8.55. The van der Waals surface area contributed by atoms with Crippen LogP contribution in [0.25, 0.3) is 0 Å². The molecule has 0 aliphatic heterocycles. The van der Waals surface area contributed by atoms with E-state index in [1.54, 1.807) is 18.2 Å². The summed E-state index contributed by atoms with van der Waals surface area (Å²) in [6.45, 7) is 19.2. The zero-order valence-corrected chi connectivity index (χ0v) is 12.0. The topological polar surface area (TPSA) is 3.24 Å². The van der Waals surface area contributed by atoms with Crippen LogP contribution in [0.4, 0.5) is 0 Å². The highest BCUT2D eigenvalue weighted by Crippen LogP contribution is 2.22. The highest BCUT2D eigenvalue weighted by Gasteiger charge is 2.11. The average molecular weight is 253 g/mol. The van der Waals surface area contributed by atoms with Crippen molar-refractivity contribution in [1.82, 2.24) is 4.90 Å². The maximum Gasteiger partial charge on any atom is 0.0418 e. The summed E-state index contributed by atoms with van der Waals surface area (Å²) < 4.78 is 0. The third kappa shape index (κ3) is 5.26. The maximum atomic E-state index is 4.03. The Hall–Kier alpha value is -2.28. The van der Waals surface area contributed by atoms with Crippen molar-refractivity contribution in [2.45, 2.75) is 13.8 Å². The van der Waals surface area contributed by atoms with E-state index in [9.17, 15) is 0 Å². The lowest BCUT2D eigenvalue weighted by molar-refractivity contribution is 0.578. The fourth-order valence-electron chi connectivity index (χ4n) is 1.50. The molecule has 0 aliphatic carbocycles. The minimum Gasteiger partial charge on any atom is -0.312 e. The first-order valence-electron chi connectivity index (χ1n) is 6.18. The van der Waals surface area contributed by atoms with Gasteiger partial charge in [-0.3, -0.25) is 0 Å². The molecular formula is C18H23N. The Balaban J connectivity index is 5.66. The van der Waals surface area contributed by atoms with Crippen molar-refractivity contribution in [3.63, 3.8) is 0 Å². The number of rotatable bonds is 8. The largest absolute Gasteiger partial charge is 0.312 e. The molecular weight excluding hydrogens is 230 g/mol. The molecule has 1 heteroatoms. The molecule has 0 bridgehead atoms. The molecule has 0 unspecified atom stereocenters. The molecule has 0 N–H and O–H groups in total. The summed E-state index contributed by atoms with van der Waals surface area (Å²) in [6.07, 6.45) is 17.0.